The molecule has 1 aromatic carbocycles. The van der Waals surface area contributed by atoms with Crippen molar-refractivity contribution in [2.24, 2.45) is 0 Å². The number of amides is 1. The van der Waals surface area contributed by atoms with Gasteiger partial charge in [0.25, 0.3) is 5.91 Å². The second kappa shape index (κ2) is 7.80. The predicted octanol–water partition coefficient (Wildman–Crippen LogP) is 3.81. The smallest absolute Gasteiger partial charge is 0.258 e. The first-order valence-corrected chi connectivity index (χ1v) is 11.8. The van der Waals surface area contributed by atoms with E-state index in [1.54, 1.807) is 11.0 Å². The zero-order valence-electron chi connectivity index (χ0n) is 18.9. The first-order valence-electron chi connectivity index (χ1n) is 11.8. The number of rotatable bonds is 4. The van der Waals surface area contributed by atoms with Crippen molar-refractivity contribution in [1.82, 2.24) is 24.8 Å². The third-order valence-corrected chi connectivity index (χ3v) is 7.21. The van der Waals surface area contributed by atoms with Gasteiger partial charge in [0, 0.05) is 36.1 Å². The Labute approximate surface area is 191 Å². The van der Waals surface area contributed by atoms with Crippen molar-refractivity contribution in [3.8, 4) is 5.75 Å². The lowest BCUT2D eigenvalue weighted by Gasteiger charge is -2.30. The Hall–Kier alpha value is -3.00. The number of hydrogen-bond donors (Lipinski definition) is 1. The van der Waals surface area contributed by atoms with E-state index in [2.05, 4.69) is 29.2 Å². The van der Waals surface area contributed by atoms with Crippen LogP contribution in [0.3, 0.4) is 0 Å². The first kappa shape index (κ1) is 20.6. The molecule has 0 saturated carbocycles. The molecule has 3 atom stereocenters. The molecule has 1 unspecified atom stereocenters. The maximum atomic E-state index is 14.1. The number of halogens is 1. The summed E-state index contributed by atoms with van der Waals surface area (Å²) in [4.78, 5) is 19.8. The van der Waals surface area contributed by atoms with Gasteiger partial charge in [-0.2, -0.15) is 5.10 Å². The van der Waals surface area contributed by atoms with Gasteiger partial charge in [-0.15, -0.1) is 0 Å². The summed E-state index contributed by atoms with van der Waals surface area (Å²) in [6.45, 7) is 5.08. The van der Waals surface area contributed by atoms with Crippen LogP contribution in [-0.4, -0.2) is 43.6 Å². The third-order valence-electron chi connectivity index (χ3n) is 7.21. The molecule has 172 valence electrons. The molecular formula is C25H28FN5O2. The third kappa shape index (κ3) is 3.66. The van der Waals surface area contributed by atoms with Crippen LogP contribution >= 0.6 is 0 Å². The molecule has 7 nitrogen and oxygen atoms in total. The molecule has 2 aromatic heterocycles. The second-order valence-corrected chi connectivity index (χ2v) is 9.89. The molecule has 5 heterocycles. The summed E-state index contributed by atoms with van der Waals surface area (Å²) in [6.07, 6.45) is 7.96. The van der Waals surface area contributed by atoms with E-state index in [0.29, 0.717) is 42.4 Å². The van der Waals surface area contributed by atoms with Crippen molar-refractivity contribution in [2.45, 2.75) is 76.7 Å². The summed E-state index contributed by atoms with van der Waals surface area (Å²) >= 11 is 0. The highest BCUT2D eigenvalue weighted by Gasteiger charge is 2.36. The van der Waals surface area contributed by atoms with Gasteiger partial charge in [0.2, 0.25) is 0 Å². The van der Waals surface area contributed by atoms with E-state index in [9.17, 15) is 9.18 Å². The van der Waals surface area contributed by atoms with E-state index in [4.69, 9.17) is 4.74 Å². The van der Waals surface area contributed by atoms with Gasteiger partial charge < -0.3 is 15.0 Å². The van der Waals surface area contributed by atoms with Crippen LogP contribution in [0.4, 0.5) is 4.39 Å². The summed E-state index contributed by atoms with van der Waals surface area (Å²) in [6, 6.07) is 5.12. The Morgan fingerprint density at radius 1 is 1.21 bits per heavy atom. The van der Waals surface area contributed by atoms with Gasteiger partial charge in [-0.05, 0) is 49.3 Å². The molecule has 33 heavy (non-hydrogen) atoms. The number of nitrogens with zero attached hydrogens (tertiary/aromatic N) is 4. The Morgan fingerprint density at radius 2 is 2.00 bits per heavy atom. The monoisotopic (exact) mass is 449 g/mol. The van der Waals surface area contributed by atoms with Crippen LogP contribution in [0.15, 0.2) is 30.6 Å². The van der Waals surface area contributed by atoms with E-state index < -0.39 is 5.82 Å². The second-order valence-electron chi connectivity index (χ2n) is 9.89. The molecule has 1 amide bonds. The number of aromatic nitrogens is 3. The average Bonchev–Trinajstić information content (AvgIpc) is 3.45. The fourth-order valence-corrected chi connectivity index (χ4v) is 5.42. The summed E-state index contributed by atoms with van der Waals surface area (Å²) in [5.41, 5.74) is 4.13. The number of ether oxygens (including phenoxy) is 1. The molecular weight excluding hydrogens is 421 g/mol. The molecule has 2 saturated heterocycles. The number of carbonyl (C=O) groups is 1. The fraction of sp³-hybridized carbons (Fsp3) is 0.480. The van der Waals surface area contributed by atoms with Crippen LogP contribution < -0.4 is 10.1 Å². The summed E-state index contributed by atoms with van der Waals surface area (Å²) in [7, 11) is 0. The Kier molecular flexibility index (Phi) is 4.87. The molecule has 8 heteroatoms. The fourth-order valence-electron chi connectivity index (χ4n) is 5.42. The lowest BCUT2D eigenvalue weighted by Crippen LogP contribution is -2.42. The van der Waals surface area contributed by atoms with Crippen molar-refractivity contribution < 1.29 is 13.9 Å². The summed E-state index contributed by atoms with van der Waals surface area (Å²) < 4.78 is 22.2. The maximum absolute atomic E-state index is 14.1. The van der Waals surface area contributed by atoms with Crippen LogP contribution in [-0.2, 0) is 13.1 Å². The van der Waals surface area contributed by atoms with Crippen LogP contribution in [0.2, 0.25) is 0 Å². The van der Waals surface area contributed by atoms with Gasteiger partial charge in [0.15, 0.2) is 5.65 Å². The van der Waals surface area contributed by atoms with Gasteiger partial charge in [0.1, 0.15) is 17.7 Å². The van der Waals surface area contributed by atoms with E-state index in [1.165, 1.54) is 12.1 Å². The molecule has 0 aliphatic carbocycles. The molecule has 0 radical (unpaired) electrons. The Balaban J connectivity index is 1.24. The highest BCUT2D eigenvalue weighted by molar-refractivity contribution is 5.97. The van der Waals surface area contributed by atoms with E-state index >= 15 is 0 Å². The van der Waals surface area contributed by atoms with E-state index in [1.807, 2.05) is 16.9 Å². The minimum atomic E-state index is -0.397. The molecule has 3 aliphatic heterocycles. The Morgan fingerprint density at radius 3 is 2.76 bits per heavy atom. The summed E-state index contributed by atoms with van der Waals surface area (Å²) in [5.74, 6) is 0.138. The van der Waals surface area contributed by atoms with Crippen molar-refractivity contribution in [3.63, 3.8) is 0 Å². The minimum Gasteiger partial charge on any atom is -0.489 e. The van der Waals surface area contributed by atoms with Gasteiger partial charge >= 0.3 is 0 Å². The van der Waals surface area contributed by atoms with E-state index in [0.717, 1.165) is 48.2 Å². The number of carbonyl (C=O) groups excluding carboxylic acids is 1. The highest BCUT2D eigenvalue weighted by Crippen LogP contribution is 2.33. The maximum Gasteiger partial charge on any atom is 0.258 e. The molecule has 3 aliphatic rings. The lowest BCUT2D eigenvalue weighted by molar-refractivity contribution is 0.0737. The zero-order valence-corrected chi connectivity index (χ0v) is 18.9. The van der Waals surface area contributed by atoms with Crippen molar-refractivity contribution in [3.05, 3.63) is 58.8 Å². The van der Waals surface area contributed by atoms with Crippen LogP contribution in [0.1, 0.15) is 72.6 Å². The lowest BCUT2D eigenvalue weighted by atomic mass is 10.0. The van der Waals surface area contributed by atoms with Gasteiger partial charge in [0.05, 0.1) is 24.3 Å². The number of nitrogens with one attached hydrogen (secondary N) is 1. The molecule has 2 bridgehead atoms. The van der Waals surface area contributed by atoms with Crippen molar-refractivity contribution in [2.75, 3.05) is 0 Å². The number of fused-ring (bicyclic) bond motifs is 5. The molecule has 6 rings (SSSR count). The molecule has 2 fully saturated rings. The first-order chi connectivity index (χ1) is 15.9. The number of piperidine rings is 1. The molecule has 1 N–H and O–H groups in total. The van der Waals surface area contributed by atoms with Gasteiger partial charge in [-0.25, -0.2) is 13.9 Å². The molecule has 3 aromatic rings. The van der Waals surface area contributed by atoms with Crippen molar-refractivity contribution >= 4 is 11.6 Å². The van der Waals surface area contributed by atoms with Gasteiger partial charge in [-0.3, -0.25) is 4.79 Å². The van der Waals surface area contributed by atoms with E-state index in [-0.39, 0.29) is 12.0 Å². The quantitative estimate of drug-likeness (QED) is 0.656. The topological polar surface area (TPSA) is 71.8 Å². The number of benzene rings is 1. The summed E-state index contributed by atoms with van der Waals surface area (Å²) in [5, 5.41) is 8.27. The molecule has 0 spiro atoms. The van der Waals surface area contributed by atoms with Crippen molar-refractivity contribution in [1.29, 1.82) is 0 Å². The highest BCUT2D eigenvalue weighted by atomic mass is 19.1. The van der Waals surface area contributed by atoms with Crippen LogP contribution in [0.5, 0.6) is 5.75 Å². The van der Waals surface area contributed by atoms with Crippen LogP contribution in [0, 0.1) is 5.82 Å². The SMILES string of the molecule is CC(C)c1cnc2c3c(nn2c1)CN(C(=O)c1ccc(F)cc1OC1C[C@H]2CC[C@@H](C1)N2)C3. The zero-order chi connectivity index (χ0) is 22.7. The standard InChI is InChI=1S/C25H28FN5O2/c1-14(2)15-10-27-24-21-12-30(13-22(21)29-31(24)11-15)25(32)20-6-3-16(26)7-23(20)33-19-8-17-4-5-18(9-19)28-17/h3,6-7,10-11,14,17-19,28H,4-5,8-9,12-13H2,1-2H3/t17-,18+,19?. The minimum absolute atomic E-state index is 0.00330. The van der Waals surface area contributed by atoms with Crippen LogP contribution in [0.25, 0.3) is 5.65 Å². The normalized spacial score (nSPS) is 24.0. The largest absolute Gasteiger partial charge is 0.489 e. The predicted molar refractivity (Wildman–Crippen MR) is 121 cm³/mol. The van der Waals surface area contributed by atoms with Gasteiger partial charge in [-0.1, -0.05) is 13.8 Å². The number of hydrogen-bond acceptors (Lipinski definition) is 5. The Bertz CT molecular complexity index is 1230. The average molecular weight is 450 g/mol.